The number of benzene rings is 2. The van der Waals surface area contributed by atoms with Gasteiger partial charge in [0.25, 0.3) is 0 Å². The van der Waals surface area contributed by atoms with E-state index >= 15 is 0 Å². The zero-order chi connectivity index (χ0) is 26.1. The predicted molar refractivity (Wildman–Crippen MR) is 153 cm³/mol. The number of thioether (sulfide) groups is 2. The Kier molecular flexibility index (Phi) is 10.3. The van der Waals surface area contributed by atoms with E-state index in [-0.39, 0.29) is 6.09 Å². The molecule has 2 aromatic rings. The van der Waals surface area contributed by atoms with E-state index in [1.165, 1.54) is 29.1 Å². The fourth-order valence-corrected chi connectivity index (χ4v) is 5.44. The van der Waals surface area contributed by atoms with E-state index in [9.17, 15) is 4.79 Å². The first-order valence-corrected chi connectivity index (χ1v) is 14.2. The van der Waals surface area contributed by atoms with Crippen molar-refractivity contribution in [1.82, 2.24) is 4.90 Å². The first kappa shape index (κ1) is 28.1. The third-order valence-corrected chi connectivity index (χ3v) is 7.44. The predicted octanol–water partition coefficient (Wildman–Crippen LogP) is 7.59. The summed E-state index contributed by atoms with van der Waals surface area (Å²) in [7, 11) is 0. The molecule has 0 saturated heterocycles. The normalized spacial score (nSPS) is 14.7. The van der Waals surface area contributed by atoms with Crippen LogP contribution in [0.15, 0.2) is 42.5 Å². The van der Waals surface area contributed by atoms with Gasteiger partial charge in [-0.3, -0.25) is 10.8 Å². The molecule has 0 bridgehead atoms. The number of carbonyl (C=O) groups is 1. The highest BCUT2D eigenvalue weighted by Crippen LogP contribution is 2.30. The van der Waals surface area contributed by atoms with Crippen molar-refractivity contribution in [3.8, 4) is 16.9 Å². The topological polar surface area (TPSA) is 86.5 Å². The minimum Gasteiger partial charge on any atom is -0.491 e. The number of nitrogens with one attached hydrogen (secondary N) is 2. The second kappa shape index (κ2) is 13.2. The van der Waals surface area contributed by atoms with Gasteiger partial charge < -0.3 is 14.4 Å². The zero-order valence-corrected chi connectivity index (χ0v) is 23.3. The molecule has 6 nitrogen and oxygen atoms in total. The number of hydrogen-bond donors (Lipinski definition) is 2. The Morgan fingerprint density at radius 2 is 1.75 bits per heavy atom. The van der Waals surface area contributed by atoms with Gasteiger partial charge in [-0.1, -0.05) is 48.5 Å². The van der Waals surface area contributed by atoms with Crippen LogP contribution in [-0.2, 0) is 16.9 Å². The fourth-order valence-electron chi connectivity index (χ4n) is 3.89. The quantitative estimate of drug-likeness (QED) is 0.317. The number of amides is 1. The van der Waals surface area contributed by atoms with Crippen LogP contribution < -0.4 is 4.74 Å². The lowest BCUT2D eigenvalue weighted by Crippen LogP contribution is -2.39. The molecule has 2 N–H and O–H groups in total. The van der Waals surface area contributed by atoms with Crippen molar-refractivity contribution in [3.63, 3.8) is 0 Å². The van der Waals surface area contributed by atoms with E-state index in [1.54, 1.807) is 11.8 Å². The summed E-state index contributed by atoms with van der Waals surface area (Å²) in [5, 5.41) is 15.9. The molecule has 8 heteroatoms. The molecule has 0 unspecified atom stereocenters. The van der Waals surface area contributed by atoms with Crippen molar-refractivity contribution < 1.29 is 14.3 Å². The molecule has 0 atom stereocenters. The van der Waals surface area contributed by atoms with Crippen LogP contribution in [0.3, 0.4) is 0 Å². The van der Waals surface area contributed by atoms with Gasteiger partial charge in [0.1, 0.15) is 22.3 Å². The summed E-state index contributed by atoms with van der Waals surface area (Å²) < 4.78 is 12.2. The lowest BCUT2D eigenvalue weighted by Gasteiger charge is -2.27. The monoisotopic (exact) mass is 527 g/mol. The van der Waals surface area contributed by atoms with E-state index in [4.69, 9.17) is 20.3 Å². The molecule has 0 radical (unpaired) electrons. The minimum absolute atomic E-state index is 0.275. The van der Waals surface area contributed by atoms with Gasteiger partial charge in [0.15, 0.2) is 0 Å². The van der Waals surface area contributed by atoms with E-state index in [0.717, 1.165) is 53.9 Å². The van der Waals surface area contributed by atoms with Gasteiger partial charge in [0.2, 0.25) is 0 Å². The Morgan fingerprint density at radius 1 is 1.03 bits per heavy atom. The van der Waals surface area contributed by atoms with Gasteiger partial charge in [-0.05, 0) is 93.1 Å². The van der Waals surface area contributed by atoms with Crippen molar-refractivity contribution in [1.29, 1.82) is 10.8 Å². The van der Waals surface area contributed by atoms with E-state index < -0.39 is 5.60 Å². The molecule has 2 aromatic carbocycles. The summed E-state index contributed by atoms with van der Waals surface area (Å²) in [6, 6.07) is 14.8. The van der Waals surface area contributed by atoms with Gasteiger partial charge in [-0.2, -0.15) is 0 Å². The highest BCUT2D eigenvalue weighted by molar-refractivity contribution is 8.44. The Hall–Kier alpha value is -2.45. The van der Waals surface area contributed by atoms with Gasteiger partial charge in [0, 0.05) is 12.3 Å². The molecule has 194 valence electrons. The molecular formula is C28H37N3O3S2. The molecule has 1 aliphatic rings. The third kappa shape index (κ3) is 9.21. The van der Waals surface area contributed by atoms with E-state index in [2.05, 4.69) is 36.4 Å². The molecule has 3 rings (SSSR count). The Balaban J connectivity index is 1.65. The van der Waals surface area contributed by atoms with Crippen LogP contribution in [0.1, 0.15) is 58.1 Å². The van der Waals surface area contributed by atoms with Gasteiger partial charge >= 0.3 is 6.09 Å². The van der Waals surface area contributed by atoms with Gasteiger partial charge in [-0.25, -0.2) is 4.79 Å². The number of ether oxygens (including phenoxy) is 2. The maximum Gasteiger partial charge on any atom is 0.410 e. The van der Waals surface area contributed by atoms with Crippen LogP contribution in [0, 0.1) is 10.8 Å². The van der Waals surface area contributed by atoms with Gasteiger partial charge in [-0.15, -0.1) is 0 Å². The Bertz CT molecular complexity index is 1060. The SMILES string of the molecule is CC(=N)SC(=N)SCc1ccc(-c2ccc3c(c2)CCCCCN(C(=O)OC(C)(C)C)CCO3)cc1. The number of carbonyl (C=O) groups excluding carboxylic acids is 1. The third-order valence-electron chi connectivity index (χ3n) is 5.61. The first-order valence-electron chi connectivity index (χ1n) is 12.4. The Labute approximate surface area is 223 Å². The molecule has 0 fully saturated rings. The molecule has 1 heterocycles. The molecule has 0 spiro atoms. The summed E-state index contributed by atoms with van der Waals surface area (Å²) in [5.74, 6) is 1.60. The minimum atomic E-state index is -0.508. The Morgan fingerprint density at radius 3 is 2.44 bits per heavy atom. The molecule has 36 heavy (non-hydrogen) atoms. The molecule has 1 amide bonds. The highest BCUT2D eigenvalue weighted by atomic mass is 32.2. The highest BCUT2D eigenvalue weighted by Gasteiger charge is 2.22. The average molecular weight is 528 g/mol. The molecule has 0 saturated carbocycles. The number of nitrogens with zero attached hydrogens (tertiary/aromatic N) is 1. The van der Waals surface area contributed by atoms with Crippen LogP contribution in [0.5, 0.6) is 5.75 Å². The summed E-state index contributed by atoms with van der Waals surface area (Å²) in [4.78, 5) is 14.3. The van der Waals surface area contributed by atoms with Gasteiger partial charge in [0.05, 0.1) is 11.6 Å². The lowest BCUT2D eigenvalue weighted by atomic mass is 9.98. The summed E-state index contributed by atoms with van der Waals surface area (Å²) in [5.41, 5.74) is 4.16. The van der Waals surface area contributed by atoms with Crippen molar-refractivity contribution >= 4 is 39.0 Å². The van der Waals surface area contributed by atoms with Crippen LogP contribution in [0.2, 0.25) is 0 Å². The average Bonchev–Trinajstić information content (AvgIpc) is 2.85. The van der Waals surface area contributed by atoms with Crippen molar-refractivity contribution in [2.24, 2.45) is 0 Å². The van der Waals surface area contributed by atoms with Crippen molar-refractivity contribution in [3.05, 3.63) is 53.6 Å². The second-order valence-electron chi connectivity index (χ2n) is 9.88. The van der Waals surface area contributed by atoms with Crippen LogP contribution in [0.4, 0.5) is 4.79 Å². The maximum absolute atomic E-state index is 12.6. The summed E-state index contributed by atoms with van der Waals surface area (Å²) in [6.45, 7) is 8.99. The molecular weight excluding hydrogens is 490 g/mol. The molecule has 0 aliphatic carbocycles. The largest absolute Gasteiger partial charge is 0.491 e. The van der Waals surface area contributed by atoms with Crippen LogP contribution >= 0.6 is 23.5 Å². The molecule has 1 aliphatic heterocycles. The summed E-state index contributed by atoms with van der Waals surface area (Å²) >= 11 is 2.64. The smallest absolute Gasteiger partial charge is 0.410 e. The second-order valence-corrected chi connectivity index (χ2v) is 12.3. The number of fused-ring (bicyclic) bond motifs is 1. The van der Waals surface area contributed by atoms with Crippen molar-refractivity contribution in [2.75, 3.05) is 19.7 Å². The maximum atomic E-state index is 12.6. The van der Waals surface area contributed by atoms with E-state index in [1.807, 2.05) is 26.8 Å². The number of hydrogen-bond acceptors (Lipinski definition) is 7. The zero-order valence-electron chi connectivity index (χ0n) is 21.7. The fraction of sp³-hybridized carbons (Fsp3) is 0.464. The van der Waals surface area contributed by atoms with Crippen molar-refractivity contribution in [2.45, 2.75) is 64.7 Å². The van der Waals surface area contributed by atoms with Crippen LogP contribution in [0.25, 0.3) is 11.1 Å². The lowest BCUT2D eigenvalue weighted by molar-refractivity contribution is 0.0224. The van der Waals surface area contributed by atoms with E-state index in [0.29, 0.717) is 29.1 Å². The molecule has 0 aromatic heterocycles. The first-order chi connectivity index (χ1) is 17.1. The van der Waals surface area contributed by atoms with Crippen LogP contribution in [-0.4, -0.2) is 45.7 Å². The summed E-state index contributed by atoms with van der Waals surface area (Å²) in [6.07, 6.45) is 3.69. The number of aryl methyl sites for hydroxylation is 1. The number of rotatable bonds is 3. The standard InChI is InChI=1S/C28H37N3O3S2/c1-20(29)36-26(30)35-19-21-9-11-22(12-10-21)23-13-14-25-24(18-23)8-6-5-7-15-31(16-17-33-25)27(32)34-28(2,3)4/h9-14,18,29-30H,5-8,15-17,19H2,1-4H3.